The summed E-state index contributed by atoms with van der Waals surface area (Å²) < 4.78 is 5.92. The second-order valence-corrected chi connectivity index (χ2v) is 7.35. The van der Waals surface area contributed by atoms with Crippen molar-refractivity contribution >= 4 is 17.6 Å². The number of benzene rings is 2. The second-order valence-electron chi connectivity index (χ2n) is 6.94. The molecule has 0 saturated carbocycles. The van der Waals surface area contributed by atoms with Crippen molar-refractivity contribution in [3.63, 3.8) is 0 Å². The normalized spacial score (nSPS) is 15.5. The van der Waals surface area contributed by atoms with Crippen LogP contribution >= 0.6 is 11.6 Å². The molecular formula is C23H20ClNO3. The number of carboxylic acid groups (broad SMARTS) is 1. The van der Waals surface area contributed by atoms with E-state index in [0.29, 0.717) is 29.5 Å². The molecule has 1 aromatic heterocycles. The summed E-state index contributed by atoms with van der Waals surface area (Å²) in [5.74, 6) is 0.304. The third kappa shape index (κ3) is 3.73. The highest BCUT2D eigenvalue weighted by atomic mass is 35.5. The van der Waals surface area contributed by atoms with Crippen LogP contribution in [0.25, 0.3) is 11.1 Å². The molecule has 1 N–H and O–H groups in total. The summed E-state index contributed by atoms with van der Waals surface area (Å²) in [6.45, 7) is 0.655. The summed E-state index contributed by atoms with van der Waals surface area (Å²) in [6, 6.07) is 15.6. The Balaban J connectivity index is 1.57. The molecule has 0 saturated heterocycles. The molecule has 0 bridgehead atoms. The third-order valence-corrected chi connectivity index (χ3v) is 5.59. The van der Waals surface area contributed by atoms with Crippen molar-refractivity contribution in [3.05, 3.63) is 82.6 Å². The van der Waals surface area contributed by atoms with E-state index in [4.69, 9.17) is 16.3 Å². The molecule has 142 valence electrons. The Bertz CT molecular complexity index is 1020. The minimum atomic E-state index is -0.908. The molecule has 0 radical (unpaired) electrons. The first-order chi connectivity index (χ1) is 13.6. The Morgan fingerprint density at radius 1 is 1.21 bits per heavy atom. The number of halogens is 1. The Kier molecular flexibility index (Phi) is 5.31. The van der Waals surface area contributed by atoms with E-state index in [2.05, 4.69) is 23.2 Å². The number of nitrogens with zero attached hydrogens (tertiary/aromatic N) is 1. The second kappa shape index (κ2) is 8.03. The van der Waals surface area contributed by atoms with E-state index in [1.54, 1.807) is 12.3 Å². The molecule has 28 heavy (non-hydrogen) atoms. The fourth-order valence-corrected chi connectivity index (χ4v) is 4.04. The predicted molar refractivity (Wildman–Crippen MR) is 109 cm³/mol. The predicted octanol–water partition coefficient (Wildman–Crippen LogP) is 5.60. The largest absolute Gasteiger partial charge is 0.493 e. The van der Waals surface area contributed by atoms with Gasteiger partial charge in [-0.1, -0.05) is 41.9 Å². The van der Waals surface area contributed by atoms with Gasteiger partial charge in [-0.3, -0.25) is 4.98 Å². The zero-order valence-electron chi connectivity index (χ0n) is 15.3. The van der Waals surface area contributed by atoms with Crippen molar-refractivity contribution in [2.24, 2.45) is 0 Å². The molecule has 1 unspecified atom stereocenters. The highest BCUT2D eigenvalue weighted by Crippen LogP contribution is 2.40. The van der Waals surface area contributed by atoms with Crippen LogP contribution in [-0.4, -0.2) is 22.7 Å². The maximum atomic E-state index is 11.4. The Morgan fingerprint density at radius 2 is 2.07 bits per heavy atom. The number of aromatic nitrogens is 1. The van der Waals surface area contributed by atoms with Gasteiger partial charge in [-0.15, -0.1) is 0 Å². The topological polar surface area (TPSA) is 59.4 Å². The van der Waals surface area contributed by atoms with Crippen LogP contribution in [0, 0.1) is 0 Å². The lowest BCUT2D eigenvalue weighted by atomic mass is 9.86. The number of pyridine rings is 1. The van der Waals surface area contributed by atoms with Crippen LogP contribution in [0.1, 0.15) is 40.2 Å². The van der Waals surface area contributed by atoms with Crippen LogP contribution < -0.4 is 4.74 Å². The molecule has 2 heterocycles. The monoisotopic (exact) mass is 393 g/mol. The fourth-order valence-electron chi connectivity index (χ4n) is 3.79. The Labute approximate surface area is 168 Å². The van der Waals surface area contributed by atoms with Crippen molar-refractivity contribution in [2.75, 3.05) is 6.61 Å². The number of hydrogen-bond donors (Lipinski definition) is 1. The first kappa shape index (κ1) is 18.5. The van der Waals surface area contributed by atoms with Crippen LogP contribution in [-0.2, 0) is 6.42 Å². The zero-order chi connectivity index (χ0) is 19.5. The fraction of sp³-hybridized carbons (Fsp3) is 0.217. The minimum absolute atomic E-state index is 0.325. The van der Waals surface area contributed by atoms with Crippen molar-refractivity contribution in [3.8, 4) is 16.9 Å². The van der Waals surface area contributed by atoms with Crippen LogP contribution in [0.4, 0.5) is 0 Å². The number of carboxylic acids is 1. The molecule has 4 rings (SSSR count). The molecule has 1 atom stereocenters. The van der Waals surface area contributed by atoms with E-state index in [-0.39, 0.29) is 0 Å². The smallest absolute Gasteiger partial charge is 0.336 e. The van der Waals surface area contributed by atoms with E-state index in [9.17, 15) is 9.90 Å². The lowest BCUT2D eigenvalue weighted by Crippen LogP contribution is -2.15. The zero-order valence-corrected chi connectivity index (χ0v) is 16.0. The Hall–Kier alpha value is -2.85. The summed E-state index contributed by atoms with van der Waals surface area (Å²) in [6.07, 6.45) is 5.62. The summed E-state index contributed by atoms with van der Waals surface area (Å²) >= 11 is 6.33. The van der Waals surface area contributed by atoms with Gasteiger partial charge in [0.25, 0.3) is 0 Å². The van der Waals surface area contributed by atoms with Crippen LogP contribution in [0.2, 0.25) is 5.02 Å². The number of rotatable bonds is 5. The first-order valence-corrected chi connectivity index (χ1v) is 9.69. The van der Waals surface area contributed by atoms with Gasteiger partial charge in [0, 0.05) is 23.0 Å². The molecular weight excluding hydrogens is 374 g/mol. The molecule has 2 aromatic carbocycles. The van der Waals surface area contributed by atoms with Gasteiger partial charge >= 0.3 is 5.97 Å². The Morgan fingerprint density at radius 3 is 2.89 bits per heavy atom. The van der Waals surface area contributed by atoms with E-state index in [1.165, 1.54) is 11.8 Å². The van der Waals surface area contributed by atoms with E-state index in [0.717, 1.165) is 35.3 Å². The van der Waals surface area contributed by atoms with Crippen molar-refractivity contribution < 1.29 is 14.6 Å². The van der Waals surface area contributed by atoms with Crippen molar-refractivity contribution in [1.29, 1.82) is 0 Å². The van der Waals surface area contributed by atoms with Crippen molar-refractivity contribution in [2.45, 2.75) is 25.2 Å². The number of fused-ring (bicyclic) bond motifs is 1. The molecule has 4 nitrogen and oxygen atoms in total. The minimum Gasteiger partial charge on any atom is -0.493 e. The molecule has 3 aromatic rings. The van der Waals surface area contributed by atoms with E-state index in [1.807, 2.05) is 24.3 Å². The lowest BCUT2D eigenvalue weighted by molar-refractivity contribution is 0.0695. The maximum absolute atomic E-state index is 11.4. The molecule has 0 aliphatic carbocycles. The maximum Gasteiger partial charge on any atom is 0.336 e. The molecule has 5 heteroatoms. The van der Waals surface area contributed by atoms with Gasteiger partial charge in [0.05, 0.1) is 12.2 Å². The molecule has 0 amide bonds. The highest BCUT2D eigenvalue weighted by Gasteiger charge is 2.23. The number of hydrogen-bond acceptors (Lipinski definition) is 3. The van der Waals surface area contributed by atoms with Crippen LogP contribution in [0.15, 0.2) is 60.9 Å². The van der Waals surface area contributed by atoms with Gasteiger partial charge in [-0.25, -0.2) is 4.79 Å². The molecule has 1 aliphatic heterocycles. The van der Waals surface area contributed by atoms with Gasteiger partial charge in [0.15, 0.2) is 0 Å². The summed E-state index contributed by atoms with van der Waals surface area (Å²) in [5.41, 5.74) is 4.29. The highest BCUT2D eigenvalue weighted by molar-refractivity contribution is 6.33. The van der Waals surface area contributed by atoms with E-state index >= 15 is 0 Å². The molecule has 0 fully saturated rings. The molecule has 0 spiro atoms. The van der Waals surface area contributed by atoms with Gasteiger partial charge in [-0.05, 0) is 60.1 Å². The standard InChI is InChI=1S/C23H20ClNO3/c24-21-4-2-1-3-18(21)16-7-8-19-15(10-12-28-22(19)13-16)5-6-17-14-25-11-9-20(17)23(26)27/h1-4,7-9,11,13-15H,5-6,10,12H2,(H,26,27). The summed E-state index contributed by atoms with van der Waals surface area (Å²) in [4.78, 5) is 15.5. The first-order valence-electron chi connectivity index (χ1n) is 9.31. The number of ether oxygens (including phenoxy) is 1. The number of aromatic carboxylic acids is 1. The van der Waals surface area contributed by atoms with E-state index < -0.39 is 5.97 Å². The SMILES string of the molecule is O=C(O)c1ccncc1CCC1CCOc2cc(-c3ccccc3Cl)ccc21. The van der Waals surface area contributed by atoms with Gasteiger partial charge in [-0.2, -0.15) is 0 Å². The quantitative estimate of drug-likeness (QED) is 0.613. The van der Waals surface area contributed by atoms with Gasteiger partial charge < -0.3 is 9.84 Å². The third-order valence-electron chi connectivity index (χ3n) is 5.26. The number of carbonyl (C=O) groups is 1. The van der Waals surface area contributed by atoms with Crippen molar-refractivity contribution in [1.82, 2.24) is 4.98 Å². The summed E-state index contributed by atoms with van der Waals surface area (Å²) in [7, 11) is 0. The summed E-state index contributed by atoms with van der Waals surface area (Å²) in [5, 5.41) is 10.1. The average molecular weight is 394 g/mol. The lowest BCUT2D eigenvalue weighted by Gasteiger charge is -2.26. The van der Waals surface area contributed by atoms with Gasteiger partial charge in [0.2, 0.25) is 0 Å². The molecule has 1 aliphatic rings. The van der Waals surface area contributed by atoms with Gasteiger partial charge in [0.1, 0.15) is 5.75 Å². The average Bonchev–Trinajstić information content (AvgIpc) is 2.72. The number of aryl methyl sites for hydroxylation is 1. The van der Waals surface area contributed by atoms with Crippen LogP contribution in [0.5, 0.6) is 5.75 Å². The van der Waals surface area contributed by atoms with Crippen LogP contribution in [0.3, 0.4) is 0 Å².